The minimum absolute atomic E-state index is 0.0428. The Bertz CT molecular complexity index is 691. The summed E-state index contributed by atoms with van der Waals surface area (Å²) in [5, 5.41) is 5.95. The molecule has 0 aliphatic carbocycles. The fourth-order valence-electron chi connectivity index (χ4n) is 2.01. The average Bonchev–Trinajstić information content (AvgIpc) is 2.43. The maximum Gasteiger partial charge on any atom is 0.209 e. The number of benzene rings is 1. The standard InChI is InChI=1S/C15H24F2N4O2S/c1-5-18-14(20-10-15(2,3)21-24(4,22)23)19-9-11-8-12(16)6-7-13(11)17/h6-8,21H,5,9-10H2,1-4H3,(H2,18,19,20). The van der Waals surface area contributed by atoms with E-state index in [9.17, 15) is 17.2 Å². The van der Waals surface area contributed by atoms with Crippen LogP contribution in [0.2, 0.25) is 0 Å². The lowest BCUT2D eigenvalue weighted by Gasteiger charge is -2.26. The Morgan fingerprint density at radius 3 is 2.50 bits per heavy atom. The van der Waals surface area contributed by atoms with E-state index in [-0.39, 0.29) is 18.7 Å². The fourth-order valence-corrected chi connectivity index (χ4v) is 3.09. The summed E-state index contributed by atoms with van der Waals surface area (Å²) in [7, 11) is -3.35. The molecular formula is C15H24F2N4O2S. The van der Waals surface area contributed by atoms with Gasteiger partial charge in [0.15, 0.2) is 5.96 Å². The molecule has 0 aliphatic rings. The molecule has 0 saturated carbocycles. The second-order valence-electron chi connectivity index (χ2n) is 6.04. The van der Waals surface area contributed by atoms with E-state index < -0.39 is 27.2 Å². The van der Waals surface area contributed by atoms with Gasteiger partial charge in [-0.2, -0.15) is 0 Å². The minimum Gasteiger partial charge on any atom is -0.357 e. The summed E-state index contributed by atoms with van der Waals surface area (Å²) in [4.78, 5) is 4.20. The molecule has 3 N–H and O–H groups in total. The lowest BCUT2D eigenvalue weighted by Crippen LogP contribution is -2.53. The van der Waals surface area contributed by atoms with Gasteiger partial charge in [0.2, 0.25) is 10.0 Å². The molecule has 0 fully saturated rings. The molecule has 0 spiro atoms. The van der Waals surface area contributed by atoms with Crippen molar-refractivity contribution in [3.63, 3.8) is 0 Å². The van der Waals surface area contributed by atoms with Crippen LogP contribution in [0, 0.1) is 11.6 Å². The van der Waals surface area contributed by atoms with Gasteiger partial charge in [0.05, 0.1) is 12.8 Å². The van der Waals surface area contributed by atoms with Crippen LogP contribution in [0.25, 0.3) is 0 Å². The largest absolute Gasteiger partial charge is 0.357 e. The van der Waals surface area contributed by atoms with Crippen molar-refractivity contribution >= 4 is 16.0 Å². The smallest absolute Gasteiger partial charge is 0.209 e. The van der Waals surface area contributed by atoms with Crippen molar-refractivity contribution in [2.75, 3.05) is 19.3 Å². The molecule has 24 heavy (non-hydrogen) atoms. The monoisotopic (exact) mass is 362 g/mol. The normalized spacial score (nSPS) is 13.0. The molecule has 0 atom stereocenters. The topological polar surface area (TPSA) is 82.6 Å². The summed E-state index contributed by atoms with van der Waals surface area (Å²) in [6.07, 6.45) is 1.08. The molecule has 0 aliphatic heterocycles. The van der Waals surface area contributed by atoms with Crippen molar-refractivity contribution in [2.24, 2.45) is 4.99 Å². The predicted octanol–water partition coefficient (Wildman–Crippen LogP) is 1.35. The van der Waals surface area contributed by atoms with Crippen LogP contribution in [-0.4, -0.2) is 39.3 Å². The van der Waals surface area contributed by atoms with Crippen LogP contribution in [0.1, 0.15) is 26.3 Å². The maximum absolute atomic E-state index is 13.6. The number of rotatable bonds is 7. The van der Waals surface area contributed by atoms with Gasteiger partial charge in [-0.1, -0.05) is 0 Å². The van der Waals surface area contributed by atoms with Gasteiger partial charge in [0.25, 0.3) is 0 Å². The van der Waals surface area contributed by atoms with E-state index in [1.807, 2.05) is 6.92 Å². The third-order valence-corrected chi connectivity index (χ3v) is 3.84. The second-order valence-corrected chi connectivity index (χ2v) is 7.79. The number of guanidine groups is 1. The van der Waals surface area contributed by atoms with E-state index in [1.165, 1.54) is 0 Å². The van der Waals surface area contributed by atoms with Crippen LogP contribution >= 0.6 is 0 Å². The van der Waals surface area contributed by atoms with E-state index in [2.05, 4.69) is 20.3 Å². The van der Waals surface area contributed by atoms with Gasteiger partial charge < -0.3 is 10.6 Å². The fraction of sp³-hybridized carbons (Fsp3) is 0.533. The number of aliphatic imine (C=N–C) groups is 1. The first-order chi connectivity index (χ1) is 11.0. The molecule has 6 nitrogen and oxygen atoms in total. The SMILES string of the molecule is CCNC(=NCc1cc(F)ccc1F)NCC(C)(C)NS(C)(=O)=O. The molecule has 0 bridgehead atoms. The zero-order chi connectivity index (χ0) is 18.4. The summed E-state index contributed by atoms with van der Waals surface area (Å²) < 4.78 is 52.0. The molecule has 1 aromatic carbocycles. The summed E-state index contributed by atoms with van der Waals surface area (Å²) in [6.45, 7) is 6.08. The third-order valence-electron chi connectivity index (χ3n) is 2.92. The van der Waals surface area contributed by atoms with E-state index >= 15 is 0 Å². The lowest BCUT2D eigenvalue weighted by molar-refractivity contribution is 0.446. The van der Waals surface area contributed by atoms with Gasteiger partial charge in [0, 0.05) is 24.2 Å². The molecule has 0 amide bonds. The number of nitrogens with zero attached hydrogens (tertiary/aromatic N) is 1. The van der Waals surface area contributed by atoms with Crippen molar-refractivity contribution in [1.82, 2.24) is 15.4 Å². The molecule has 0 aromatic heterocycles. The number of sulfonamides is 1. The quantitative estimate of drug-likeness (QED) is 0.505. The number of hydrogen-bond donors (Lipinski definition) is 3. The van der Waals surface area contributed by atoms with Crippen LogP contribution in [0.15, 0.2) is 23.2 Å². The van der Waals surface area contributed by atoms with Gasteiger partial charge in [0.1, 0.15) is 11.6 Å². The maximum atomic E-state index is 13.6. The summed E-state index contributed by atoms with van der Waals surface area (Å²) >= 11 is 0. The molecule has 0 heterocycles. The first-order valence-electron chi connectivity index (χ1n) is 7.47. The first kappa shape index (κ1) is 20.3. The van der Waals surface area contributed by atoms with Gasteiger partial charge >= 0.3 is 0 Å². The van der Waals surface area contributed by atoms with E-state index in [0.29, 0.717) is 12.5 Å². The van der Waals surface area contributed by atoms with E-state index in [1.54, 1.807) is 13.8 Å². The van der Waals surface area contributed by atoms with Crippen molar-refractivity contribution in [3.8, 4) is 0 Å². The highest BCUT2D eigenvalue weighted by Crippen LogP contribution is 2.10. The van der Waals surface area contributed by atoms with Gasteiger partial charge in [-0.25, -0.2) is 26.9 Å². The van der Waals surface area contributed by atoms with Gasteiger partial charge in [-0.3, -0.25) is 0 Å². The van der Waals surface area contributed by atoms with Crippen LogP contribution < -0.4 is 15.4 Å². The number of nitrogens with one attached hydrogen (secondary N) is 3. The Morgan fingerprint density at radius 2 is 1.92 bits per heavy atom. The Labute approximate surface area is 141 Å². The van der Waals surface area contributed by atoms with Crippen molar-refractivity contribution in [2.45, 2.75) is 32.9 Å². The Kier molecular flexibility index (Phi) is 7.09. The highest BCUT2D eigenvalue weighted by atomic mass is 32.2. The molecular weight excluding hydrogens is 338 g/mol. The summed E-state index contributed by atoms with van der Waals surface area (Å²) in [5.74, 6) is -0.683. The number of halogens is 2. The molecule has 1 aromatic rings. The highest BCUT2D eigenvalue weighted by Gasteiger charge is 2.22. The van der Waals surface area contributed by atoms with E-state index in [4.69, 9.17) is 0 Å². The third kappa shape index (κ3) is 7.69. The number of hydrogen-bond acceptors (Lipinski definition) is 3. The molecule has 1 rings (SSSR count). The van der Waals surface area contributed by atoms with Gasteiger partial charge in [-0.05, 0) is 39.0 Å². The lowest BCUT2D eigenvalue weighted by atomic mass is 10.1. The molecule has 0 saturated heterocycles. The Morgan fingerprint density at radius 1 is 1.25 bits per heavy atom. The van der Waals surface area contributed by atoms with Gasteiger partial charge in [-0.15, -0.1) is 0 Å². The molecule has 9 heteroatoms. The van der Waals surface area contributed by atoms with Crippen LogP contribution in [0.5, 0.6) is 0 Å². The zero-order valence-electron chi connectivity index (χ0n) is 14.3. The van der Waals surface area contributed by atoms with Crippen LogP contribution in [0.4, 0.5) is 8.78 Å². The predicted molar refractivity (Wildman–Crippen MR) is 91.2 cm³/mol. The molecule has 0 radical (unpaired) electrons. The molecule has 0 unspecified atom stereocenters. The first-order valence-corrected chi connectivity index (χ1v) is 9.36. The average molecular weight is 362 g/mol. The summed E-state index contributed by atoms with van der Waals surface area (Å²) in [6, 6.07) is 3.20. The van der Waals surface area contributed by atoms with Crippen molar-refractivity contribution in [1.29, 1.82) is 0 Å². The van der Waals surface area contributed by atoms with Crippen molar-refractivity contribution < 1.29 is 17.2 Å². The second kappa shape index (κ2) is 8.39. The van der Waals surface area contributed by atoms with Crippen LogP contribution in [-0.2, 0) is 16.6 Å². The van der Waals surface area contributed by atoms with E-state index in [0.717, 1.165) is 24.5 Å². The highest BCUT2D eigenvalue weighted by molar-refractivity contribution is 7.88. The Balaban J connectivity index is 2.77. The molecule has 136 valence electrons. The van der Waals surface area contributed by atoms with Crippen molar-refractivity contribution in [3.05, 3.63) is 35.4 Å². The Hall–Kier alpha value is -1.74. The van der Waals surface area contributed by atoms with Crippen LogP contribution in [0.3, 0.4) is 0 Å². The minimum atomic E-state index is -3.35. The summed E-state index contributed by atoms with van der Waals surface area (Å²) in [5.41, 5.74) is -0.603. The zero-order valence-corrected chi connectivity index (χ0v) is 15.1.